The van der Waals surface area contributed by atoms with Gasteiger partial charge in [0.2, 0.25) is 17.0 Å². The summed E-state index contributed by atoms with van der Waals surface area (Å²) in [7, 11) is 0. The number of halogens is 1. The van der Waals surface area contributed by atoms with E-state index in [-0.39, 0.29) is 17.6 Å². The number of fused-ring (bicyclic) bond motifs is 1. The van der Waals surface area contributed by atoms with Gasteiger partial charge in [-0.05, 0) is 42.5 Å². The predicted molar refractivity (Wildman–Crippen MR) is 124 cm³/mol. The molecule has 0 atom stereocenters. The molecule has 4 aromatic rings. The van der Waals surface area contributed by atoms with Crippen LogP contribution in [0.1, 0.15) is 6.92 Å². The Morgan fingerprint density at radius 1 is 1.00 bits per heavy atom. The number of carbonyl (C=O) groups is 2. The summed E-state index contributed by atoms with van der Waals surface area (Å²) in [5.41, 5.74) is 3.56. The number of thioether (sulfide) groups is 1. The molecule has 8 nitrogen and oxygen atoms in total. The van der Waals surface area contributed by atoms with Crippen molar-refractivity contribution in [3.05, 3.63) is 65.1 Å². The normalized spacial score (nSPS) is 10.8. The van der Waals surface area contributed by atoms with E-state index in [1.54, 1.807) is 28.8 Å². The zero-order chi connectivity index (χ0) is 21.8. The van der Waals surface area contributed by atoms with Crippen molar-refractivity contribution in [1.29, 1.82) is 0 Å². The quantitative estimate of drug-likeness (QED) is 0.387. The number of rotatable bonds is 6. The molecule has 10 heteroatoms. The van der Waals surface area contributed by atoms with Gasteiger partial charge in [0.05, 0.1) is 11.4 Å². The van der Waals surface area contributed by atoms with Gasteiger partial charge in [-0.25, -0.2) is 0 Å². The average molecular weight is 497 g/mol. The van der Waals surface area contributed by atoms with Crippen molar-refractivity contribution < 1.29 is 9.59 Å². The van der Waals surface area contributed by atoms with Crippen molar-refractivity contribution in [1.82, 2.24) is 19.8 Å². The van der Waals surface area contributed by atoms with Gasteiger partial charge in [-0.2, -0.15) is 9.61 Å². The van der Waals surface area contributed by atoms with Gasteiger partial charge in [-0.1, -0.05) is 45.9 Å². The van der Waals surface area contributed by atoms with E-state index in [1.807, 2.05) is 36.4 Å². The number of hydrogen-bond acceptors (Lipinski definition) is 6. The minimum atomic E-state index is -0.203. The summed E-state index contributed by atoms with van der Waals surface area (Å²) in [6.07, 6.45) is 0. The maximum atomic E-state index is 12.4. The van der Waals surface area contributed by atoms with Gasteiger partial charge in [-0.3, -0.25) is 9.59 Å². The number of anilines is 2. The number of nitrogens with one attached hydrogen (secondary N) is 2. The second kappa shape index (κ2) is 9.27. The van der Waals surface area contributed by atoms with Gasteiger partial charge in [0, 0.05) is 28.3 Å². The summed E-state index contributed by atoms with van der Waals surface area (Å²) in [6, 6.07) is 18.5. The molecule has 2 aromatic heterocycles. The number of nitrogens with zero attached hydrogens (tertiary/aromatic N) is 4. The zero-order valence-corrected chi connectivity index (χ0v) is 18.8. The molecule has 2 N–H and O–H groups in total. The molecule has 0 bridgehead atoms. The van der Waals surface area contributed by atoms with Crippen LogP contribution in [-0.4, -0.2) is 37.4 Å². The van der Waals surface area contributed by atoms with Crippen LogP contribution in [0.4, 0.5) is 11.4 Å². The number of carbonyl (C=O) groups excluding carboxylic acids is 2. The molecule has 0 radical (unpaired) electrons. The molecule has 0 saturated carbocycles. The van der Waals surface area contributed by atoms with Crippen LogP contribution in [0.15, 0.2) is 70.3 Å². The molecule has 0 saturated heterocycles. The monoisotopic (exact) mass is 496 g/mol. The van der Waals surface area contributed by atoms with E-state index < -0.39 is 0 Å². The molecule has 4 rings (SSSR count). The summed E-state index contributed by atoms with van der Waals surface area (Å²) >= 11 is 4.67. The molecule has 156 valence electrons. The predicted octanol–water partition coefficient (Wildman–Crippen LogP) is 4.24. The molecule has 2 aromatic carbocycles. The van der Waals surface area contributed by atoms with E-state index in [1.165, 1.54) is 18.7 Å². The Kier molecular flexibility index (Phi) is 6.28. The summed E-state index contributed by atoms with van der Waals surface area (Å²) in [5, 5.41) is 18.9. The van der Waals surface area contributed by atoms with Gasteiger partial charge in [0.15, 0.2) is 5.65 Å². The average Bonchev–Trinajstić information content (AvgIpc) is 3.15. The fraction of sp³-hybridized carbons (Fsp3) is 0.0952. The Bertz CT molecular complexity index is 1260. The van der Waals surface area contributed by atoms with Crippen molar-refractivity contribution in [2.45, 2.75) is 12.1 Å². The van der Waals surface area contributed by atoms with E-state index in [0.29, 0.717) is 22.2 Å². The lowest BCUT2D eigenvalue weighted by Gasteiger charge is -2.07. The standard InChI is InChI=1S/C21H17BrN6O2S/c1-13(29)23-16-3-2-4-17(11-16)24-20(30)12-31-21-26-25-19-10-9-18(27-28(19)21)14-5-7-15(22)8-6-14/h2-11H,12H2,1H3,(H,23,29)(H,24,30). The molecule has 0 aliphatic heterocycles. The van der Waals surface area contributed by atoms with Crippen molar-refractivity contribution in [2.24, 2.45) is 0 Å². The van der Waals surface area contributed by atoms with Crippen LogP contribution in [0.3, 0.4) is 0 Å². The molecule has 31 heavy (non-hydrogen) atoms. The van der Waals surface area contributed by atoms with Gasteiger partial charge in [-0.15, -0.1) is 10.2 Å². The molecule has 0 fully saturated rings. The molecule has 0 spiro atoms. The summed E-state index contributed by atoms with van der Waals surface area (Å²) in [5.74, 6) is -0.242. The lowest BCUT2D eigenvalue weighted by atomic mass is 10.1. The minimum Gasteiger partial charge on any atom is -0.326 e. The molecule has 0 unspecified atom stereocenters. The van der Waals surface area contributed by atoms with Crippen LogP contribution in [-0.2, 0) is 9.59 Å². The SMILES string of the molecule is CC(=O)Nc1cccc(NC(=O)CSc2nnc3ccc(-c4ccc(Br)cc4)nn23)c1. The molecule has 2 amide bonds. The zero-order valence-electron chi connectivity index (χ0n) is 16.4. The second-order valence-corrected chi connectivity index (χ2v) is 8.44. The topological polar surface area (TPSA) is 101 Å². The second-order valence-electron chi connectivity index (χ2n) is 6.58. The van der Waals surface area contributed by atoms with Crippen molar-refractivity contribution >= 4 is 56.5 Å². The molecule has 0 aliphatic carbocycles. The Balaban J connectivity index is 1.45. The van der Waals surface area contributed by atoms with Gasteiger partial charge >= 0.3 is 0 Å². The van der Waals surface area contributed by atoms with Gasteiger partial charge < -0.3 is 10.6 Å². The van der Waals surface area contributed by atoms with Crippen LogP contribution < -0.4 is 10.6 Å². The summed E-state index contributed by atoms with van der Waals surface area (Å²) in [6.45, 7) is 1.43. The van der Waals surface area contributed by atoms with Crippen molar-refractivity contribution in [2.75, 3.05) is 16.4 Å². The highest BCUT2D eigenvalue weighted by Crippen LogP contribution is 2.23. The molecule has 2 heterocycles. The van der Waals surface area contributed by atoms with E-state index in [9.17, 15) is 9.59 Å². The molecule has 0 aliphatic rings. The maximum absolute atomic E-state index is 12.4. The fourth-order valence-corrected chi connectivity index (χ4v) is 3.79. The first-order chi connectivity index (χ1) is 15.0. The van der Waals surface area contributed by atoms with E-state index in [0.717, 1.165) is 15.7 Å². The highest BCUT2D eigenvalue weighted by atomic mass is 79.9. The number of amides is 2. The number of benzene rings is 2. The van der Waals surface area contributed by atoms with Gasteiger partial charge in [0.1, 0.15) is 0 Å². The lowest BCUT2D eigenvalue weighted by Crippen LogP contribution is -2.15. The van der Waals surface area contributed by atoms with Crippen LogP contribution in [0.5, 0.6) is 0 Å². The molecular weight excluding hydrogens is 480 g/mol. The number of hydrogen-bond donors (Lipinski definition) is 2. The van der Waals surface area contributed by atoms with E-state index in [4.69, 9.17) is 0 Å². The van der Waals surface area contributed by atoms with Gasteiger partial charge in [0.25, 0.3) is 0 Å². The summed E-state index contributed by atoms with van der Waals surface area (Å²) < 4.78 is 2.62. The van der Waals surface area contributed by atoms with Crippen molar-refractivity contribution in [3.8, 4) is 11.3 Å². The summed E-state index contributed by atoms with van der Waals surface area (Å²) in [4.78, 5) is 23.6. The lowest BCUT2D eigenvalue weighted by molar-refractivity contribution is -0.114. The Labute approximate surface area is 190 Å². The minimum absolute atomic E-state index is 0.134. The van der Waals surface area contributed by atoms with Crippen LogP contribution in [0.25, 0.3) is 16.9 Å². The van der Waals surface area contributed by atoms with Crippen LogP contribution in [0.2, 0.25) is 0 Å². The Hall–Kier alpha value is -3.24. The highest BCUT2D eigenvalue weighted by Gasteiger charge is 2.12. The Morgan fingerprint density at radius 3 is 2.48 bits per heavy atom. The highest BCUT2D eigenvalue weighted by molar-refractivity contribution is 9.10. The van der Waals surface area contributed by atoms with E-state index >= 15 is 0 Å². The third kappa shape index (κ3) is 5.28. The fourth-order valence-electron chi connectivity index (χ4n) is 2.84. The van der Waals surface area contributed by atoms with Crippen LogP contribution >= 0.6 is 27.7 Å². The van der Waals surface area contributed by atoms with Crippen LogP contribution in [0, 0.1) is 0 Å². The van der Waals surface area contributed by atoms with E-state index in [2.05, 4.69) is 41.9 Å². The first kappa shape index (κ1) is 21.0. The molecular formula is C21H17BrN6O2S. The first-order valence-electron chi connectivity index (χ1n) is 9.27. The maximum Gasteiger partial charge on any atom is 0.234 e. The van der Waals surface area contributed by atoms with Crippen molar-refractivity contribution in [3.63, 3.8) is 0 Å². The largest absolute Gasteiger partial charge is 0.326 e. The third-order valence-corrected chi connectivity index (χ3v) is 5.62. The smallest absolute Gasteiger partial charge is 0.234 e. The third-order valence-electron chi connectivity index (χ3n) is 4.17. The first-order valence-corrected chi connectivity index (χ1v) is 11.0. The number of aromatic nitrogens is 4. The Morgan fingerprint density at radius 2 is 1.74 bits per heavy atom.